The Bertz CT molecular complexity index is 2680. The van der Waals surface area contributed by atoms with Crippen molar-refractivity contribution >= 4 is 46.5 Å². The third-order valence-corrected chi connectivity index (χ3v) is 23.5. The van der Waals surface area contributed by atoms with Gasteiger partial charge < -0.3 is 49.0 Å². The van der Waals surface area contributed by atoms with E-state index in [4.69, 9.17) is 27.7 Å². The Morgan fingerprint density at radius 2 is 1.52 bits per heavy atom. The second-order valence-corrected chi connectivity index (χ2v) is 30.2. The quantitative estimate of drug-likeness (QED) is 0.0139. The normalized spacial score (nSPS) is 21.5. The van der Waals surface area contributed by atoms with Crippen LogP contribution in [0.25, 0.3) is 0 Å². The second kappa shape index (κ2) is 28.3. The van der Waals surface area contributed by atoms with Gasteiger partial charge in [-0.1, -0.05) is 100.0 Å². The van der Waals surface area contributed by atoms with Gasteiger partial charge in [0.2, 0.25) is 11.8 Å². The molecule has 80 heavy (non-hydrogen) atoms. The summed E-state index contributed by atoms with van der Waals surface area (Å²) >= 11 is 1.82. The first-order chi connectivity index (χ1) is 38.2. The third-order valence-electron chi connectivity index (χ3n) is 15.4. The minimum absolute atomic E-state index is 0.00163. The molecule has 4 N–H and O–H groups in total. The highest BCUT2D eigenvalue weighted by Gasteiger charge is 2.55. The molecule has 7 rings (SSSR count). The minimum atomic E-state index is -2.82. The second-order valence-electron chi connectivity index (χ2n) is 22.7. The summed E-state index contributed by atoms with van der Waals surface area (Å²) < 4.78 is 76.9. The van der Waals surface area contributed by atoms with Crippen molar-refractivity contribution in [3.8, 4) is 11.8 Å². The largest absolute Gasteiger partial charge is 0.497 e. The van der Waals surface area contributed by atoms with E-state index in [1.807, 2.05) is 96.7 Å². The lowest BCUT2D eigenvalue weighted by molar-refractivity contribution is -0.126. The SMILES string of the molecule is COc1ccc(C(OC[C@H]2O[C@@H](c3cc(CNC(=O)CNC(=O)CCCC[C@@H]4SC[C@@H]5NC(=O)N[C@@H]54)c(F)cc3F)[C@@H](O[Si](C)(C)C(C)(C)C)C2OP(OCCCC#N)N(C(C)C)C(C)C)(c2ccccc2)c2ccccc2)cc1. The van der Waals surface area contributed by atoms with E-state index in [1.54, 1.807) is 7.11 Å². The van der Waals surface area contributed by atoms with Crippen molar-refractivity contribution in [2.45, 2.75) is 171 Å². The standard InChI is InChI=1S/C60H81F2N6O9PSSi/c1-39(2)68(40(3)4)78(74-32-20-19-31-63)76-56-50(37-73-60(42-21-13-11-14-22-42,43-23-15-12-16-24-43)44-27-29-45(72-8)30-28-44)75-55(57(56)77-80(9,10)59(5,6)7)46-33-41(47(61)34-48(46)62)35-64-53(70)36-65-52(69)26-18-17-25-51-54-49(38-79-51)66-58(71)67-54/h11-16,21-24,27-30,33-34,39-40,49-51,54-57H,17-20,25-26,32,35-38H2,1-10H3,(H,64,70)(H,65,69)(H2,66,67,71)/t49-,50+,51-,54-,55-,56?,57+,78?/m0/s1. The van der Waals surface area contributed by atoms with Gasteiger partial charge in [-0.25, -0.2) is 18.2 Å². The molecule has 0 bridgehead atoms. The van der Waals surface area contributed by atoms with Crippen LogP contribution in [0.15, 0.2) is 97.1 Å². The summed E-state index contributed by atoms with van der Waals surface area (Å²) in [5, 5.41) is 20.7. The van der Waals surface area contributed by atoms with Gasteiger partial charge in [-0.3, -0.25) is 9.59 Å². The minimum Gasteiger partial charge on any atom is -0.497 e. The Morgan fingerprint density at radius 1 is 0.875 bits per heavy atom. The Labute approximate surface area is 478 Å². The van der Waals surface area contributed by atoms with Gasteiger partial charge in [0, 0.05) is 59.7 Å². The van der Waals surface area contributed by atoms with Crippen LogP contribution < -0.4 is 26.0 Å². The van der Waals surface area contributed by atoms with Crippen molar-refractivity contribution < 1.29 is 50.8 Å². The molecule has 3 fully saturated rings. The lowest BCUT2D eigenvalue weighted by atomic mass is 9.80. The highest BCUT2D eigenvalue weighted by molar-refractivity contribution is 8.00. The number of carbonyl (C=O) groups excluding carboxylic acids is 3. The molecule has 2 unspecified atom stereocenters. The van der Waals surface area contributed by atoms with Crippen molar-refractivity contribution in [3.63, 3.8) is 0 Å². The number of halogens is 2. The van der Waals surface area contributed by atoms with Gasteiger partial charge in [0.15, 0.2) is 8.32 Å². The van der Waals surface area contributed by atoms with Gasteiger partial charge in [-0.05, 0) is 100.0 Å². The molecule has 15 nitrogen and oxygen atoms in total. The highest BCUT2D eigenvalue weighted by atomic mass is 32.2. The zero-order valence-corrected chi connectivity index (χ0v) is 50.6. The number of nitrogens with zero attached hydrogens (tertiary/aromatic N) is 2. The number of fused-ring (bicyclic) bond motifs is 1. The molecule has 0 aliphatic carbocycles. The van der Waals surface area contributed by atoms with Crippen LogP contribution in [0.4, 0.5) is 13.6 Å². The molecule has 20 heteroatoms. The molecule has 0 radical (unpaired) electrons. The van der Waals surface area contributed by atoms with Crippen LogP contribution in [0, 0.1) is 23.0 Å². The zero-order valence-electron chi connectivity index (χ0n) is 47.9. The summed E-state index contributed by atoms with van der Waals surface area (Å²) in [6.07, 6.45) is -0.912. The molecule has 4 aromatic rings. The molecule has 8 atom stereocenters. The van der Waals surface area contributed by atoms with Crippen LogP contribution in [0.5, 0.6) is 5.75 Å². The van der Waals surface area contributed by atoms with Gasteiger partial charge >= 0.3 is 6.03 Å². The van der Waals surface area contributed by atoms with E-state index in [0.29, 0.717) is 18.6 Å². The maximum absolute atomic E-state index is 17.0. The van der Waals surface area contributed by atoms with Crippen molar-refractivity contribution in [1.82, 2.24) is 25.9 Å². The highest BCUT2D eigenvalue weighted by Crippen LogP contribution is 2.54. The summed E-state index contributed by atoms with van der Waals surface area (Å²) in [7, 11) is -3.11. The van der Waals surface area contributed by atoms with E-state index in [9.17, 15) is 19.6 Å². The molecule has 3 saturated heterocycles. The van der Waals surface area contributed by atoms with Crippen molar-refractivity contribution in [2.75, 3.05) is 32.6 Å². The smallest absolute Gasteiger partial charge is 0.315 e. The van der Waals surface area contributed by atoms with Crippen molar-refractivity contribution in [3.05, 3.63) is 137 Å². The monoisotopic (exact) mass is 1160 g/mol. The van der Waals surface area contributed by atoms with E-state index in [-0.39, 0.29) is 96.7 Å². The van der Waals surface area contributed by atoms with Crippen LogP contribution in [-0.4, -0.2) is 111 Å². The number of urea groups is 1. The first-order valence-electron chi connectivity index (χ1n) is 27.8. The van der Waals surface area contributed by atoms with Crippen LogP contribution in [0.3, 0.4) is 0 Å². The number of nitrogens with one attached hydrogen (secondary N) is 4. The summed E-state index contributed by atoms with van der Waals surface area (Å²) in [6.45, 7) is 18.2. The Hall–Kier alpha value is -5.00. The fourth-order valence-corrected chi connectivity index (χ4v) is 14.9. The predicted octanol–water partition coefficient (Wildman–Crippen LogP) is 11.3. The molecule has 0 spiro atoms. The molecule has 3 heterocycles. The number of rotatable bonds is 28. The average Bonchev–Trinajstić information content (AvgIpc) is 4.27. The molecular formula is C60H81F2N6O9PSSi. The average molecular weight is 1160 g/mol. The third kappa shape index (κ3) is 15.4. The van der Waals surface area contributed by atoms with E-state index in [0.717, 1.165) is 41.4 Å². The number of ether oxygens (including phenoxy) is 3. The molecule has 0 saturated carbocycles. The predicted molar refractivity (Wildman–Crippen MR) is 311 cm³/mol. The van der Waals surface area contributed by atoms with Crippen molar-refractivity contribution in [2.24, 2.45) is 0 Å². The summed E-state index contributed by atoms with van der Waals surface area (Å²) in [5.41, 5.74) is 1.21. The van der Waals surface area contributed by atoms with Crippen LogP contribution in [-0.2, 0) is 44.7 Å². The first kappa shape index (κ1) is 62.6. The molecule has 3 aliphatic heterocycles. The van der Waals surface area contributed by atoms with Crippen molar-refractivity contribution in [1.29, 1.82) is 5.26 Å². The number of methoxy groups -OCH3 is 1. The Balaban J connectivity index is 1.21. The van der Waals surface area contributed by atoms with Crippen LogP contribution >= 0.6 is 20.3 Å². The zero-order chi connectivity index (χ0) is 57.8. The van der Waals surface area contributed by atoms with Gasteiger partial charge in [-0.2, -0.15) is 17.0 Å². The number of carbonyl (C=O) groups is 3. The van der Waals surface area contributed by atoms with Gasteiger partial charge in [0.25, 0.3) is 8.53 Å². The van der Waals surface area contributed by atoms with Gasteiger partial charge in [0.1, 0.15) is 47.4 Å². The fourth-order valence-electron chi connectivity index (χ4n) is 10.3. The van der Waals surface area contributed by atoms with Gasteiger partial charge in [-0.15, -0.1) is 0 Å². The Kier molecular flexibility index (Phi) is 22.2. The number of nitriles is 1. The number of benzene rings is 4. The lowest BCUT2D eigenvalue weighted by Crippen LogP contribution is -2.49. The van der Waals surface area contributed by atoms with E-state index < -0.39 is 64.4 Å². The summed E-state index contributed by atoms with van der Waals surface area (Å²) in [6, 6.07) is 31.8. The number of amides is 4. The van der Waals surface area contributed by atoms with Gasteiger partial charge in [0.05, 0.1) is 45.0 Å². The fraction of sp³-hybridized carbons (Fsp3) is 0.533. The molecule has 4 amide bonds. The maximum Gasteiger partial charge on any atom is 0.315 e. The Morgan fingerprint density at radius 3 is 2.14 bits per heavy atom. The number of hydrogen-bond acceptors (Lipinski definition) is 12. The molecule has 4 aromatic carbocycles. The topological polar surface area (TPSA) is 182 Å². The summed E-state index contributed by atoms with van der Waals surface area (Å²) in [4.78, 5) is 37.9. The van der Waals surface area contributed by atoms with E-state index in [1.165, 1.54) is 6.07 Å². The number of hydrogen-bond donors (Lipinski definition) is 4. The number of unbranched alkanes of at least 4 members (excludes halogenated alkanes) is 2. The maximum atomic E-state index is 17.0. The molecule has 3 aliphatic rings. The molecule has 434 valence electrons. The molecule has 0 aromatic heterocycles. The number of thioether (sulfide) groups is 1. The van der Waals surface area contributed by atoms with E-state index >= 15 is 8.78 Å². The van der Waals surface area contributed by atoms with E-state index in [2.05, 4.69) is 93.6 Å². The van der Waals surface area contributed by atoms with Crippen LogP contribution in [0.2, 0.25) is 18.1 Å². The summed E-state index contributed by atoms with van der Waals surface area (Å²) in [5.74, 6) is -1.08. The first-order valence-corrected chi connectivity index (χ1v) is 32.9. The lowest BCUT2D eigenvalue weighted by Gasteiger charge is -2.42. The van der Waals surface area contributed by atoms with Crippen LogP contribution in [0.1, 0.15) is 121 Å². The molecular weight excluding hydrogens is 1080 g/mol.